The summed E-state index contributed by atoms with van der Waals surface area (Å²) >= 11 is 0. The summed E-state index contributed by atoms with van der Waals surface area (Å²) in [5, 5.41) is 43.4. The first-order valence-electron chi connectivity index (χ1n) is 9.89. The van der Waals surface area contributed by atoms with Crippen LogP contribution in [0.25, 0.3) is 5.76 Å². The molecule has 9 nitrogen and oxygen atoms in total. The van der Waals surface area contributed by atoms with E-state index in [9.17, 15) is 34.8 Å². The van der Waals surface area contributed by atoms with Gasteiger partial charge in [-0.15, -0.1) is 0 Å². The van der Waals surface area contributed by atoms with E-state index in [-0.39, 0.29) is 23.3 Å². The monoisotopic (exact) mass is 428 g/mol. The summed E-state index contributed by atoms with van der Waals surface area (Å²) in [5.41, 5.74) is 3.30. The molecule has 1 aromatic carbocycles. The van der Waals surface area contributed by atoms with Crippen LogP contribution in [-0.2, 0) is 20.8 Å². The van der Waals surface area contributed by atoms with Crippen LogP contribution in [0.15, 0.2) is 29.0 Å². The minimum absolute atomic E-state index is 0.0842. The number of amides is 1. The summed E-state index contributed by atoms with van der Waals surface area (Å²) in [6.45, 7) is 1.82. The molecule has 6 N–H and O–H groups in total. The van der Waals surface area contributed by atoms with Gasteiger partial charge in [0.1, 0.15) is 22.8 Å². The van der Waals surface area contributed by atoms with Crippen molar-refractivity contribution in [3.05, 3.63) is 45.7 Å². The Morgan fingerprint density at radius 2 is 1.84 bits per heavy atom. The Bertz CT molecular complexity index is 1120. The molecule has 0 spiro atoms. The third-order valence-electron chi connectivity index (χ3n) is 6.84. The fraction of sp³-hybridized carbons (Fsp3) is 0.409. The molecular formula is C22H24N2O7. The first-order valence-corrected chi connectivity index (χ1v) is 9.89. The number of benzene rings is 1. The van der Waals surface area contributed by atoms with Gasteiger partial charge >= 0.3 is 0 Å². The van der Waals surface area contributed by atoms with Crippen molar-refractivity contribution < 1.29 is 34.8 Å². The number of aliphatic hydroxyl groups is 3. The molecule has 0 heterocycles. The molecule has 3 aliphatic rings. The normalized spacial score (nSPS) is 30.3. The minimum atomic E-state index is -2.61. The summed E-state index contributed by atoms with van der Waals surface area (Å²) < 4.78 is 0. The van der Waals surface area contributed by atoms with Crippen LogP contribution in [0.1, 0.15) is 23.1 Å². The molecule has 0 saturated heterocycles. The van der Waals surface area contributed by atoms with E-state index in [0.29, 0.717) is 12.0 Å². The third kappa shape index (κ3) is 2.60. The molecule has 0 aromatic heterocycles. The zero-order valence-corrected chi connectivity index (χ0v) is 17.3. The Morgan fingerprint density at radius 3 is 2.42 bits per heavy atom. The van der Waals surface area contributed by atoms with Crippen molar-refractivity contribution in [2.24, 2.45) is 17.6 Å². The van der Waals surface area contributed by atoms with Gasteiger partial charge in [0.05, 0.1) is 11.6 Å². The highest BCUT2D eigenvalue weighted by Crippen LogP contribution is 2.52. The number of aromatic hydroxyl groups is 1. The molecule has 164 valence electrons. The molecule has 0 radical (unpaired) electrons. The molecular weight excluding hydrogens is 404 g/mol. The lowest BCUT2D eigenvalue weighted by Crippen LogP contribution is -2.65. The van der Waals surface area contributed by atoms with Gasteiger partial charge < -0.3 is 26.2 Å². The van der Waals surface area contributed by atoms with Gasteiger partial charge in [0.25, 0.3) is 5.91 Å². The largest absolute Gasteiger partial charge is 0.508 e. The van der Waals surface area contributed by atoms with Gasteiger partial charge in [-0.25, -0.2) is 0 Å². The second kappa shape index (κ2) is 6.66. The molecule has 0 aliphatic heterocycles. The fourth-order valence-electron chi connectivity index (χ4n) is 5.40. The summed E-state index contributed by atoms with van der Waals surface area (Å²) in [4.78, 5) is 39.9. The van der Waals surface area contributed by atoms with Crippen LogP contribution in [0.5, 0.6) is 5.75 Å². The smallest absolute Gasteiger partial charge is 0.255 e. The molecule has 4 atom stereocenters. The van der Waals surface area contributed by atoms with Crippen LogP contribution in [0.4, 0.5) is 0 Å². The second-order valence-corrected chi connectivity index (χ2v) is 8.72. The molecule has 1 amide bonds. The molecule has 1 aromatic rings. The van der Waals surface area contributed by atoms with Crippen molar-refractivity contribution in [3.63, 3.8) is 0 Å². The van der Waals surface area contributed by atoms with E-state index < -0.39 is 58.0 Å². The lowest BCUT2D eigenvalue weighted by atomic mass is 9.57. The van der Waals surface area contributed by atoms with Crippen LogP contribution >= 0.6 is 0 Å². The van der Waals surface area contributed by atoms with Gasteiger partial charge in [0.15, 0.2) is 11.4 Å². The number of aliphatic hydroxyl groups excluding tert-OH is 2. The van der Waals surface area contributed by atoms with E-state index in [0.717, 1.165) is 5.56 Å². The van der Waals surface area contributed by atoms with Crippen LogP contribution < -0.4 is 5.73 Å². The van der Waals surface area contributed by atoms with Crippen molar-refractivity contribution in [1.29, 1.82) is 0 Å². The number of carbonyl (C=O) groups is 3. The third-order valence-corrected chi connectivity index (χ3v) is 6.84. The van der Waals surface area contributed by atoms with E-state index >= 15 is 0 Å². The fourth-order valence-corrected chi connectivity index (χ4v) is 5.40. The number of carbonyl (C=O) groups excluding carboxylic acids is 3. The maximum absolute atomic E-state index is 13.6. The predicted octanol–water partition coefficient (Wildman–Crippen LogP) is 0.272. The molecule has 3 aliphatic carbocycles. The summed E-state index contributed by atoms with van der Waals surface area (Å²) in [5.74, 6) is -6.42. The molecule has 4 rings (SSSR count). The Labute approximate surface area is 178 Å². The van der Waals surface area contributed by atoms with E-state index in [1.54, 1.807) is 20.2 Å². The van der Waals surface area contributed by atoms with Crippen molar-refractivity contribution in [2.45, 2.75) is 31.4 Å². The number of hydrogen-bond donors (Lipinski definition) is 5. The number of rotatable bonds is 2. The molecule has 31 heavy (non-hydrogen) atoms. The number of aryl methyl sites for hydroxylation is 1. The van der Waals surface area contributed by atoms with Crippen molar-refractivity contribution in [1.82, 2.24) is 4.90 Å². The Morgan fingerprint density at radius 1 is 1.19 bits per heavy atom. The van der Waals surface area contributed by atoms with Crippen LogP contribution in [-0.4, -0.2) is 68.5 Å². The van der Waals surface area contributed by atoms with Gasteiger partial charge in [-0.1, -0.05) is 6.07 Å². The number of phenolic OH excluding ortho intramolecular Hbond substituents is 1. The quantitative estimate of drug-likeness (QED) is 0.420. The second-order valence-electron chi connectivity index (χ2n) is 8.72. The van der Waals surface area contributed by atoms with E-state index in [2.05, 4.69) is 0 Å². The molecule has 9 heteroatoms. The number of ketones is 2. The maximum Gasteiger partial charge on any atom is 0.255 e. The SMILES string of the molecule is Cc1ccc(O)c2c1C[C@H]1C[C@H]3[C@H](N(C)C)C(=O)C(C(N)=O)=C(O)[C@@]3(O)C(=O)C1=C2O. The zero-order chi connectivity index (χ0) is 23.0. The predicted molar refractivity (Wildman–Crippen MR) is 109 cm³/mol. The van der Waals surface area contributed by atoms with Gasteiger partial charge in [-0.3, -0.25) is 19.3 Å². The first-order chi connectivity index (χ1) is 14.4. The Hall–Kier alpha value is -3.17. The number of hydrogen-bond acceptors (Lipinski definition) is 8. The number of Topliss-reactive ketones (excluding diaryl/α,β-unsaturated/α-hetero) is 2. The summed E-state index contributed by atoms with van der Waals surface area (Å²) in [6.07, 6.45) is 0.385. The van der Waals surface area contributed by atoms with E-state index in [1.165, 1.54) is 11.0 Å². The van der Waals surface area contributed by atoms with E-state index in [1.807, 2.05) is 6.92 Å². The first kappa shape index (κ1) is 21.1. The molecule has 1 fully saturated rings. The van der Waals surface area contributed by atoms with Crippen molar-refractivity contribution in [2.75, 3.05) is 14.1 Å². The number of likely N-dealkylation sites (N-methyl/N-ethyl adjacent to an activating group) is 1. The minimum Gasteiger partial charge on any atom is -0.508 e. The topological polar surface area (TPSA) is 161 Å². The highest BCUT2D eigenvalue weighted by atomic mass is 16.3. The van der Waals surface area contributed by atoms with Crippen LogP contribution in [0.2, 0.25) is 0 Å². The number of nitrogens with two attached hydrogens (primary N) is 1. The number of nitrogens with zero attached hydrogens (tertiary/aromatic N) is 1. The van der Waals surface area contributed by atoms with Gasteiger partial charge in [-0.2, -0.15) is 0 Å². The Kier molecular flexibility index (Phi) is 4.53. The molecule has 0 bridgehead atoms. The van der Waals surface area contributed by atoms with Crippen LogP contribution in [0.3, 0.4) is 0 Å². The van der Waals surface area contributed by atoms with Crippen LogP contribution in [0, 0.1) is 18.8 Å². The molecule has 1 saturated carbocycles. The lowest BCUT2D eigenvalue weighted by Gasteiger charge is -2.50. The standard InChI is InChI=1S/C22H24N2O7/c1-8-4-5-12(25)14-10(8)6-9-7-11-16(24(2)3)18(27)15(21(23)30)20(29)22(11,31)19(28)13(9)17(14)26/h4-5,9,11,16,25-26,29,31H,6-7H2,1-3H3,(H2,23,30)/t9-,11-,16-,22-/m0/s1. The van der Waals surface area contributed by atoms with Crippen molar-refractivity contribution >= 4 is 23.2 Å². The zero-order valence-electron chi connectivity index (χ0n) is 17.3. The Balaban J connectivity index is 1.99. The average molecular weight is 428 g/mol. The van der Waals surface area contributed by atoms with Gasteiger partial charge in [0.2, 0.25) is 5.78 Å². The number of primary amides is 1. The van der Waals surface area contributed by atoms with Crippen molar-refractivity contribution in [3.8, 4) is 5.75 Å². The highest BCUT2D eigenvalue weighted by Gasteiger charge is 2.64. The number of fused-ring (bicyclic) bond motifs is 3. The van der Waals surface area contributed by atoms with Gasteiger partial charge in [-0.05, 0) is 57.0 Å². The van der Waals surface area contributed by atoms with Gasteiger partial charge in [0, 0.05) is 11.5 Å². The van der Waals surface area contributed by atoms with E-state index in [4.69, 9.17) is 5.73 Å². The highest BCUT2D eigenvalue weighted by molar-refractivity contribution is 6.24. The summed E-state index contributed by atoms with van der Waals surface area (Å²) in [7, 11) is 3.13. The number of phenols is 1. The lowest BCUT2D eigenvalue weighted by molar-refractivity contribution is -0.153. The average Bonchev–Trinajstić information content (AvgIpc) is 2.67. The maximum atomic E-state index is 13.6. The summed E-state index contributed by atoms with van der Waals surface area (Å²) in [6, 6.07) is 2.02. The molecule has 0 unspecified atom stereocenters.